The van der Waals surface area contributed by atoms with Gasteiger partial charge in [-0.05, 0) is 11.1 Å². The van der Waals surface area contributed by atoms with Crippen molar-refractivity contribution in [3.05, 3.63) is 29.3 Å². The summed E-state index contributed by atoms with van der Waals surface area (Å²) in [5, 5.41) is 10.4. The Balaban J connectivity index is 2.31. The monoisotopic (exact) mass is 235 g/mol. The summed E-state index contributed by atoms with van der Waals surface area (Å²) in [5.41, 5.74) is 2.34. The van der Waals surface area contributed by atoms with E-state index in [9.17, 15) is 4.79 Å². The van der Waals surface area contributed by atoms with E-state index in [0.717, 1.165) is 5.56 Å². The van der Waals surface area contributed by atoms with E-state index >= 15 is 0 Å². The van der Waals surface area contributed by atoms with Crippen LogP contribution in [0.15, 0.2) is 18.2 Å². The largest absolute Gasteiger partial charge is 0.465 e. The van der Waals surface area contributed by atoms with Crippen LogP contribution in [0.5, 0.6) is 0 Å². The zero-order chi connectivity index (χ0) is 11.9. The lowest BCUT2D eigenvalue weighted by Gasteiger charge is -2.17. The first-order valence-corrected chi connectivity index (χ1v) is 8.98. The van der Waals surface area contributed by atoms with Crippen molar-refractivity contribution in [3.63, 3.8) is 0 Å². The Morgan fingerprint density at radius 3 is 2.44 bits per heavy atom. The quantitative estimate of drug-likeness (QED) is 0.758. The van der Waals surface area contributed by atoms with Crippen molar-refractivity contribution in [1.29, 1.82) is 0 Å². The Morgan fingerprint density at radius 1 is 1.25 bits per heavy atom. The number of carbonyl (C=O) groups is 1. The number of rotatable bonds is 1. The van der Waals surface area contributed by atoms with Gasteiger partial charge in [0.25, 0.3) is 0 Å². The van der Waals surface area contributed by atoms with Gasteiger partial charge in [-0.15, -0.1) is 0 Å². The summed E-state index contributed by atoms with van der Waals surface area (Å²) in [6, 6.07) is 6.45. The van der Waals surface area contributed by atoms with E-state index in [-0.39, 0.29) is 0 Å². The maximum atomic E-state index is 10.9. The highest BCUT2D eigenvalue weighted by molar-refractivity contribution is 6.88. The first-order valence-electron chi connectivity index (χ1n) is 5.48. The normalized spacial score (nSPS) is 15.1. The molecular formula is C12H17NO2Si. The molecule has 1 aromatic rings. The SMILES string of the molecule is C[Si](C)(C)c1ccc2c(c1)CN(C(=O)O)C2. The van der Waals surface area contributed by atoms with E-state index in [4.69, 9.17) is 5.11 Å². The minimum absolute atomic E-state index is 0.538. The van der Waals surface area contributed by atoms with Crippen molar-refractivity contribution >= 4 is 19.4 Å². The average molecular weight is 235 g/mol. The van der Waals surface area contributed by atoms with Crippen molar-refractivity contribution in [1.82, 2.24) is 4.90 Å². The molecule has 0 bridgehead atoms. The van der Waals surface area contributed by atoms with Crippen LogP contribution in [-0.4, -0.2) is 24.2 Å². The van der Waals surface area contributed by atoms with Gasteiger partial charge in [0, 0.05) is 13.1 Å². The van der Waals surface area contributed by atoms with Gasteiger partial charge in [-0.2, -0.15) is 0 Å². The summed E-state index contributed by atoms with van der Waals surface area (Å²) >= 11 is 0. The molecule has 1 heterocycles. The standard InChI is InChI=1S/C12H17NO2Si/c1-16(2,3)11-5-4-9-7-13(12(14)15)8-10(9)6-11/h4-6H,7-8H2,1-3H3,(H,14,15). The van der Waals surface area contributed by atoms with Crippen molar-refractivity contribution in [2.75, 3.05) is 0 Å². The highest BCUT2D eigenvalue weighted by atomic mass is 28.3. The molecule has 0 saturated carbocycles. The first-order chi connectivity index (χ1) is 7.38. The lowest BCUT2D eigenvalue weighted by Crippen LogP contribution is -2.37. The Morgan fingerprint density at radius 2 is 1.88 bits per heavy atom. The number of nitrogens with zero attached hydrogens (tertiary/aromatic N) is 1. The summed E-state index contributed by atoms with van der Waals surface area (Å²) in [5.74, 6) is 0. The molecule has 1 aliphatic heterocycles. The predicted octanol–water partition coefficient (Wildman–Crippen LogP) is 2.23. The molecule has 1 aliphatic rings. The third-order valence-corrected chi connectivity index (χ3v) is 5.11. The molecular weight excluding hydrogens is 218 g/mol. The van der Waals surface area contributed by atoms with E-state index in [1.807, 2.05) is 0 Å². The van der Waals surface area contributed by atoms with Gasteiger partial charge in [0.05, 0.1) is 8.07 Å². The fraction of sp³-hybridized carbons (Fsp3) is 0.417. The summed E-state index contributed by atoms with van der Waals surface area (Å²) in [6.45, 7) is 8.00. The highest BCUT2D eigenvalue weighted by Gasteiger charge is 2.25. The minimum atomic E-state index is -1.29. The fourth-order valence-electron chi connectivity index (χ4n) is 2.00. The van der Waals surface area contributed by atoms with Gasteiger partial charge in [-0.25, -0.2) is 4.79 Å². The molecule has 86 valence electrons. The third kappa shape index (κ3) is 1.97. The van der Waals surface area contributed by atoms with Gasteiger partial charge in [0.2, 0.25) is 0 Å². The molecule has 1 amide bonds. The average Bonchev–Trinajstić information content (AvgIpc) is 2.58. The molecule has 0 spiro atoms. The van der Waals surface area contributed by atoms with E-state index in [2.05, 4.69) is 37.8 Å². The topological polar surface area (TPSA) is 40.5 Å². The minimum Gasteiger partial charge on any atom is -0.465 e. The zero-order valence-electron chi connectivity index (χ0n) is 9.95. The van der Waals surface area contributed by atoms with Gasteiger partial charge >= 0.3 is 6.09 Å². The molecule has 3 nitrogen and oxygen atoms in total. The number of benzene rings is 1. The van der Waals surface area contributed by atoms with Gasteiger partial charge in [-0.3, -0.25) is 4.90 Å². The van der Waals surface area contributed by atoms with Crippen LogP contribution in [0, 0.1) is 0 Å². The molecule has 0 saturated heterocycles. The van der Waals surface area contributed by atoms with E-state index in [1.54, 1.807) is 0 Å². The molecule has 4 heteroatoms. The van der Waals surface area contributed by atoms with Crippen molar-refractivity contribution < 1.29 is 9.90 Å². The maximum absolute atomic E-state index is 10.9. The van der Waals surface area contributed by atoms with Crippen LogP contribution in [-0.2, 0) is 13.1 Å². The first kappa shape index (κ1) is 11.2. The summed E-state index contributed by atoms with van der Waals surface area (Å²) in [6.07, 6.45) is -0.828. The zero-order valence-corrected chi connectivity index (χ0v) is 10.9. The highest BCUT2D eigenvalue weighted by Crippen LogP contribution is 2.22. The van der Waals surface area contributed by atoms with Crippen LogP contribution in [0.1, 0.15) is 11.1 Å². The number of hydrogen-bond acceptors (Lipinski definition) is 1. The second-order valence-electron chi connectivity index (χ2n) is 5.37. The molecule has 2 rings (SSSR count). The van der Waals surface area contributed by atoms with Gasteiger partial charge in [-0.1, -0.05) is 43.0 Å². The molecule has 1 aromatic carbocycles. The van der Waals surface area contributed by atoms with E-state index in [1.165, 1.54) is 15.7 Å². The van der Waals surface area contributed by atoms with Crippen molar-refractivity contribution in [2.24, 2.45) is 0 Å². The molecule has 1 N–H and O–H groups in total. The van der Waals surface area contributed by atoms with Crippen LogP contribution in [0.4, 0.5) is 4.79 Å². The molecule has 0 atom stereocenters. The molecule has 0 aliphatic carbocycles. The molecule has 0 fully saturated rings. The van der Waals surface area contributed by atoms with Gasteiger partial charge in [0.1, 0.15) is 0 Å². The molecule has 0 radical (unpaired) electrons. The summed E-state index contributed by atoms with van der Waals surface area (Å²) in [4.78, 5) is 12.3. The lowest BCUT2D eigenvalue weighted by molar-refractivity contribution is 0.145. The van der Waals surface area contributed by atoms with E-state index in [0.29, 0.717) is 13.1 Å². The summed E-state index contributed by atoms with van der Waals surface area (Å²) < 4.78 is 0. The fourth-order valence-corrected chi connectivity index (χ4v) is 3.19. The lowest BCUT2D eigenvalue weighted by atomic mass is 10.1. The molecule has 0 aromatic heterocycles. The van der Waals surface area contributed by atoms with Crippen LogP contribution in [0.2, 0.25) is 19.6 Å². The smallest absolute Gasteiger partial charge is 0.407 e. The Labute approximate surface area is 96.7 Å². The molecule has 0 unspecified atom stereocenters. The van der Waals surface area contributed by atoms with E-state index < -0.39 is 14.2 Å². The number of amides is 1. The number of fused-ring (bicyclic) bond motifs is 1. The van der Waals surface area contributed by atoms with Crippen LogP contribution < -0.4 is 5.19 Å². The van der Waals surface area contributed by atoms with Gasteiger partial charge in [0.15, 0.2) is 0 Å². The predicted molar refractivity (Wildman–Crippen MR) is 66.7 cm³/mol. The number of hydrogen-bond donors (Lipinski definition) is 1. The van der Waals surface area contributed by atoms with Crippen molar-refractivity contribution in [3.8, 4) is 0 Å². The van der Waals surface area contributed by atoms with Crippen LogP contribution in [0.25, 0.3) is 0 Å². The second-order valence-corrected chi connectivity index (χ2v) is 10.4. The number of carboxylic acid groups (broad SMARTS) is 1. The van der Waals surface area contributed by atoms with Gasteiger partial charge < -0.3 is 5.11 Å². The second kappa shape index (κ2) is 3.63. The maximum Gasteiger partial charge on any atom is 0.407 e. The molecule has 16 heavy (non-hydrogen) atoms. The summed E-state index contributed by atoms with van der Waals surface area (Å²) in [7, 11) is -1.29. The van der Waals surface area contributed by atoms with Crippen molar-refractivity contribution in [2.45, 2.75) is 32.7 Å². The Kier molecular flexibility index (Phi) is 2.54. The Bertz CT molecular complexity index is 437. The van der Waals surface area contributed by atoms with Crippen LogP contribution in [0.3, 0.4) is 0 Å². The van der Waals surface area contributed by atoms with Crippen LogP contribution >= 0.6 is 0 Å². The Hall–Kier alpha value is -1.29. The third-order valence-electron chi connectivity index (χ3n) is 3.07.